The molecule has 0 radical (unpaired) electrons. The van der Waals surface area contributed by atoms with Crippen molar-refractivity contribution < 1.29 is 5.11 Å². The molecule has 0 spiro atoms. The molecular weight excluding hydrogens is 393 g/mol. The number of aryl methyl sites for hydroxylation is 1. The van der Waals surface area contributed by atoms with Crippen LogP contribution in [0, 0.1) is 2.88 Å². The SMILES string of the molecule is Cn1nnc(Br)c1C(O)c1csc(I)c1. The van der Waals surface area contributed by atoms with Crippen LogP contribution >= 0.6 is 49.9 Å². The molecule has 2 rings (SSSR count). The van der Waals surface area contributed by atoms with Crippen molar-refractivity contribution in [2.75, 3.05) is 0 Å². The van der Waals surface area contributed by atoms with Crippen molar-refractivity contribution in [3.63, 3.8) is 0 Å². The number of hydrogen-bond acceptors (Lipinski definition) is 4. The highest BCUT2D eigenvalue weighted by Crippen LogP contribution is 2.29. The zero-order valence-corrected chi connectivity index (χ0v) is 12.2. The lowest BCUT2D eigenvalue weighted by Crippen LogP contribution is -2.06. The maximum atomic E-state index is 10.1. The number of hydrogen-bond donors (Lipinski definition) is 1. The van der Waals surface area contributed by atoms with E-state index in [0.29, 0.717) is 10.3 Å². The zero-order valence-electron chi connectivity index (χ0n) is 7.69. The van der Waals surface area contributed by atoms with Crippen molar-refractivity contribution in [3.8, 4) is 0 Å². The van der Waals surface area contributed by atoms with E-state index < -0.39 is 6.10 Å². The van der Waals surface area contributed by atoms with E-state index in [1.807, 2.05) is 11.4 Å². The van der Waals surface area contributed by atoms with Crippen LogP contribution < -0.4 is 0 Å². The Bertz CT molecular complexity index is 464. The monoisotopic (exact) mass is 399 g/mol. The number of thiophene rings is 1. The largest absolute Gasteiger partial charge is 0.382 e. The number of aliphatic hydroxyl groups excluding tert-OH is 1. The molecule has 4 nitrogen and oxygen atoms in total. The molecular formula is C8H7BrIN3OS. The van der Waals surface area contributed by atoms with Crippen LogP contribution in [0.15, 0.2) is 16.0 Å². The van der Waals surface area contributed by atoms with Crippen molar-refractivity contribution in [2.24, 2.45) is 7.05 Å². The van der Waals surface area contributed by atoms with Gasteiger partial charge in [-0.1, -0.05) is 5.21 Å². The fraction of sp³-hybridized carbons (Fsp3) is 0.250. The van der Waals surface area contributed by atoms with Gasteiger partial charge in [0.25, 0.3) is 0 Å². The molecule has 7 heteroatoms. The third-order valence-corrected chi connectivity index (χ3v) is 4.36. The maximum Gasteiger partial charge on any atom is 0.154 e. The van der Waals surface area contributed by atoms with Crippen molar-refractivity contribution in [1.82, 2.24) is 15.0 Å². The van der Waals surface area contributed by atoms with E-state index in [-0.39, 0.29) is 0 Å². The summed E-state index contributed by atoms with van der Waals surface area (Å²) in [6, 6.07) is 1.95. The molecule has 15 heavy (non-hydrogen) atoms. The molecule has 0 aromatic carbocycles. The summed E-state index contributed by atoms with van der Waals surface area (Å²) in [6.45, 7) is 0. The van der Waals surface area contributed by atoms with Gasteiger partial charge < -0.3 is 5.11 Å². The summed E-state index contributed by atoms with van der Waals surface area (Å²) in [5, 5.41) is 19.7. The number of rotatable bonds is 2. The standard InChI is InChI=1S/C8H7BrIN3OS/c1-13-6(8(9)11-12-13)7(14)4-2-5(10)15-3-4/h2-3,7,14H,1H3. The lowest BCUT2D eigenvalue weighted by Gasteiger charge is -2.08. The minimum atomic E-state index is -0.681. The Labute approximate surface area is 113 Å². The third-order valence-electron chi connectivity index (χ3n) is 1.99. The van der Waals surface area contributed by atoms with Gasteiger partial charge >= 0.3 is 0 Å². The van der Waals surface area contributed by atoms with Crippen LogP contribution in [0.1, 0.15) is 17.4 Å². The molecule has 0 amide bonds. The number of halogens is 2. The number of nitrogens with zero attached hydrogens (tertiary/aromatic N) is 3. The first-order valence-corrected chi connectivity index (χ1v) is 6.82. The van der Waals surface area contributed by atoms with Crippen LogP contribution in [0.25, 0.3) is 0 Å². The van der Waals surface area contributed by atoms with Gasteiger partial charge in [-0.05, 0) is 55.5 Å². The normalized spacial score (nSPS) is 13.1. The van der Waals surface area contributed by atoms with Gasteiger partial charge in [-0.2, -0.15) is 0 Å². The molecule has 80 valence electrons. The average molecular weight is 400 g/mol. The second-order valence-corrected chi connectivity index (χ2v) is 6.53. The minimum Gasteiger partial charge on any atom is -0.382 e. The Hall–Kier alpha value is 0.01000. The Morgan fingerprint density at radius 3 is 2.87 bits per heavy atom. The number of aliphatic hydroxyl groups is 1. The average Bonchev–Trinajstić information content (AvgIpc) is 2.73. The van der Waals surface area contributed by atoms with Crippen LogP contribution in [-0.4, -0.2) is 20.1 Å². The van der Waals surface area contributed by atoms with Gasteiger partial charge in [-0.3, -0.25) is 0 Å². The first-order valence-electron chi connectivity index (χ1n) is 4.06. The molecule has 2 aromatic heterocycles. The molecule has 0 saturated heterocycles. The molecule has 2 heterocycles. The van der Waals surface area contributed by atoms with Gasteiger partial charge in [-0.15, -0.1) is 16.4 Å². The van der Waals surface area contributed by atoms with Gasteiger partial charge in [-0.25, -0.2) is 4.68 Å². The quantitative estimate of drug-likeness (QED) is 0.788. The predicted molar refractivity (Wildman–Crippen MR) is 69.8 cm³/mol. The van der Waals surface area contributed by atoms with Crippen LogP contribution in [0.4, 0.5) is 0 Å². The van der Waals surface area contributed by atoms with E-state index >= 15 is 0 Å². The summed E-state index contributed by atoms with van der Waals surface area (Å²) in [5.74, 6) is 0. The topological polar surface area (TPSA) is 50.9 Å². The molecule has 0 bridgehead atoms. The van der Waals surface area contributed by atoms with Crippen LogP contribution in [0.2, 0.25) is 0 Å². The molecule has 0 fully saturated rings. The highest BCUT2D eigenvalue weighted by molar-refractivity contribution is 14.1. The van der Waals surface area contributed by atoms with Crippen molar-refractivity contribution in [1.29, 1.82) is 0 Å². The zero-order chi connectivity index (χ0) is 11.0. The fourth-order valence-corrected chi connectivity index (χ4v) is 3.19. The van der Waals surface area contributed by atoms with E-state index in [9.17, 15) is 5.11 Å². The first-order chi connectivity index (χ1) is 7.09. The van der Waals surface area contributed by atoms with Gasteiger partial charge in [0.15, 0.2) is 4.60 Å². The van der Waals surface area contributed by atoms with E-state index in [4.69, 9.17) is 0 Å². The molecule has 1 atom stereocenters. The Morgan fingerprint density at radius 2 is 2.40 bits per heavy atom. The van der Waals surface area contributed by atoms with Gasteiger partial charge in [0, 0.05) is 7.05 Å². The minimum absolute atomic E-state index is 0.582. The summed E-state index contributed by atoms with van der Waals surface area (Å²) in [5.41, 5.74) is 1.54. The maximum absolute atomic E-state index is 10.1. The first kappa shape index (κ1) is 11.5. The van der Waals surface area contributed by atoms with Crippen molar-refractivity contribution in [2.45, 2.75) is 6.10 Å². The van der Waals surface area contributed by atoms with E-state index in [2.05, 4.69) is 48.8 Å². The summed E-state index contributed by atoms with van der Waals surface area (Å²) >= 11 is 7.10. The molecule has 0 aliphatic heterocycles. The lowest BCUT2D eigenvalue weighted by molar-refractivity contribution is 0.209. The second-order valence-electron chi connectivity index (χ2n) is 2.98. The molecule has 0 aliphatic carbocycles. The Balaban J connectivity index is 2.40. The predicted octanol–water partition coefficient (Wildman–Crippen LogP) is 2.33. The number of aromatic nitrogens is 3. The molecule has 1 N–H and O–H groups in total. The highest BCUT2D eigenvalue weighted by atomic mass is 127. The third kappa shape index (κ3) is 2.24. The van der Waals surface area contributed by atoms with Crippen molar-refractivity contribution in [3.05, 3.63) is 30.2 Å². The van der Waals surface area contributed by atoms with E-state index in [1.54, 1.807) is 23.1 Å². The van der Waals surface area contributed by atoms with Crippen LogP contribution in [-0.2, 0) is 7.05 Å². The lowest BCUT2D eigenvalue weighted by atomic mass is 10.1. The van der Waals surface area contributed by atoms with Crippen LogP contribution in [0.5, 0.6) is 0 Å². The summed E-state index contributed by atoms with van der Waals surface area (Å²) < 4.78 is 3.30. The van der Waals surface area contributed by atoms with Gasteiger partial charge in [0.2, 0.25) is 0 Å². The summed E-state index contributed by atoms with van der Waals surface area (Å²) in [6.07, 6.45) is -0.681. The Kier molecular flexibility index (Phi) is 3.43. The molecule has 0 aliphatic rings. The van der Waals surface area contributed by atoms with Gasteiger partial charge in [0.05, 0.1) is 2.88 Å². The van der Waals surface area contributed by atoms with Crippen LogP contribution in [0.3, 0.4) is 0 Å². The molecule has 2 aromatic rings. The second kappa shape index (κ2) is 4.48. The highest BCUT2D eigenvalue weighted by Gasteiger charge is 2.20. The van der Waals surface area contributed by atoms with Gasteiger partial charge in [0.1, 0.15) is 11.8 Å². The fourth-order valence-electron chi connectivity index (χ4n) is 1.25. The van der Waals surface area contributed by atoms with E-state index in [1.165, 1.54) is 0 Å². The summed E-state index contributed by atoms with van der Waals surface area (Å²) in [7, 11) is 1.76. The summed E-state index contributed by atoms with van der Waals surface area (Å²) in [4.78, 5) is 0. The Morgan fingerprint density at radius 1 is 1.67 bits per heavy atom. The molecule has 0 saturated carbocycles. The smallest absolute Gasteiger partial charge is 0.154 e. The van der Waals surface area contributed by atoms with E-state index in [0.717, 1.165) is 8.45 Å². The van der Waals surface area contributed by atoms with Crippen molar-refractivity contribution >= 4 is 49.9 Å². The molecule has 1 unspecified atom stereocenters.